The van der Waals surface area contributed by atoms with Crippen molar-refractivity contribution >= 4 is 5.69 Å². The normalized spacial score (nSPS) is 10.1. The molecule has 4 nitrogen and oxygen atoms in total. The quantitative estimate of drug-likeness (QED) is 0.797. The maximum absolute atomic E-state index is 5.87. The average Bonchev–Trinajstić information content (AvgIpc) is 2.30. The fourth-order valence-corrected chi connectivity index (χ4v) is 1.43. The van der Waals surface area contributed by atoms with Crippen LogP contribution < -0.4 is 10.5 Å². The number of nitrogens with zero attached hydrogens (tertiary/aromatic N) is 2. The lowest BCUT2D eigenvalue weighted by atomic mass is 10.1. The smallest absolute Gasteiger partial charge is 0.232 e. The minimum Gasteiger partial charge on any atom is -0.477 e. The van der Waals surface area contributed by atoms with E-state index in [0.717, 1.165) is 11.3 Å². The Morgan fingerprint density at radius 1 is 1.25 bits per heavy atom. The Bertz CT molecular complexity index is 485. The summed E-state index contributed by atoms with van der Waals surface area (Å²) in [6.07, 6.45) is 3.26. The molecule has 0 spiro atoms. The van der Waals surface area contributed by atoms with Gasteiger partial charge in [-0.1, -0.05) is 18.2 Å². The van der Waals surface area contributed by atoms with Crippen LogP contribution in [-0.4, -0.2) is 16.6 Å². The molecule has 0 radical (unpaired) electrons. The number of para-hydroxylation sites is 1. The molecule has 0 unspecified atom stereocenters. The van der Waals surface area contributed by atoms with Gasteiger partial charge in [-0.2, -0.15) is 0 Å². The van der Waals surface area contributed by atoms with E-state index in [9.17, 15) is 0 Å². The van der Waals surface area contributed by atoms with Crippen LogP contribution in [0.4, 0.5) is 5.69 Å². The summed E-state index contributed by atoms with van der Waals surface area (Å²) in [7, 11) is 0. The fourth-order valence-electron chi connectivity index (χ4n) is 1.43. The molecule has 0 saturated heterocycles. The molecular weight excluding hydrogens is 202 g/mol. The molecule has 0 bridgehead atoms. The second-order valence-corrected chi connectivity index (χ2v) is 3.26. The molecule has 0 aliphatic carbocycles. The number of nitrogen functional groups attached to an aromatic ring is 1. The van der Waals surface area contributed by atoms with Crippen molar-refractivity contribution in [3.63, 3.8) is 0 Å². The van der Waals surface area contributed by atoms with Gasteiger partial charge < -0.3 is 10.5 Å². The predicted molar refractivity (Wildman–Crippen MR) is 63.0 cm³/mol. The van der Waals surface area contributed by atoms with Gasteiger partial charge in [0.05, 0.1) is 24.7 Å². The highest BCUT2D eigenvalue weighted by atomic mass is 16.5. The molecule has 2 rings (SSSR count). The Morgan fingerprint density at radius 2 is 2.06 bits per heavy atom. The van der Waals surface area contributed by atoms with Crippen molar-refractivity contribution in [1.82, 2.24) is 9.97 Å². The maximum Gasteiger partial charge on any atom is 0.232 e. The van der Waals surface area contributed by atoms with Gasteiger partial charge in [0.1, 0.15) is 0 Å². The molecule has 82 valence electrons. The number of anilines is 1. The summed E-state index contributed by atoms with van der Waals surface area (Å²) in [5.74, 6) is 0.517. The number of hydrogen-bond acceptors (Lipinski definition) is 4. The fraction of sp³-hybridized carbons (Fsp3) is 0.167. The molecule has 0 aliphatic rings. The molecular formula is C12H13N3O. The van der Waals surface area contributed by atoms with Crippen molar-refractivity contribution in [3.8, 4) is 17.1 Å². The standard InChI is InChI=1S/C12H13N3O/c1-2-16-12-8-14-7-11(15-12)9-5-3-4-6-10(9)13/h3-8H,2,13H2,1H3. The second kappa shape index (κ2) is 4.61. The van der Waals surface area contributed by atoms with Crippen molar-refractivity contribution in [2.75, 3.05) is 12.3 Å². The monoisotopic (exact) mass is 215 g/mol. The molecule has 16 heavy (non-hydrogen) atoms. The molecule has 0 atom stereocenters. The van der Waals surface area contributed by atoms with Crippen LogP contribution in [0.5, 0.6) is 5.88 Å². The van der Waals surface area contributed by atoms with Crippen LogP contribution in [0, 0.1) is 0 Å². The summed E-state index contributed by atoms with van der Waals surface area (Å²) in [5.41, 5.74) is 8.15. The van der Waals surface area contributed by atoms with E-state index >= 15 is 0 Å². The molecule has 0 saturated carbocycles. The number of nitrogens with two attached hydrogens (primary N) is 1. The zero-order chi connectivity index (χ0) is 11.4. The van der Waals surface area contributed by atoms with Gasteiger partial charge in [-0.3, -0.25) is 4.98 Å². The summed E-state index contributed by atoms with van der Waals surface area (Å²) >= 11 is 0. The Labute approximate surface area is 94.1 Å². The van der Waals surface area contributed by atoms with Gasteiger partial charge in [0.25, 0.3) is 0 Å². The Hall–Kier alpha value is -2.10. The number of benzene rings is 1. The first-order chi connectivity index (χ1) is 7.81. The zero-order valence-corrected chi connectivity index (χ0v) is 9.05. The van der Waals surface area contributed by atoms with E-state index < -0.39 is 0 Å². The summed E-state index contributed by atoms with van der Waals surface area (Å²) in [6.45, 7) is 2.48. The topological polar surface area (TPSA) is 61.0 Å². The predicted octanol–water partition coefficient (Wildman–Crippen LogP) is 2.12. The first kappa shape index (κ1) is 10.4. The van der Waals surface area contributed by atoms with Gasteiger partial charge in [-0.05, 0) is 13.0 Å². The largest absolute Gasteiger partial charge is 0.477 e. The SMILES string of the molecule is CCOc1cncc(-c2ccccc2N)n1. The van der Waals surface area contributed by atoms with Crippen molar-refractivity contribution in [2.45, 2.75) is 6.92 Å². The van der Waals surface area contributed by atoms with Gasteiger partial charge in [0.15, 0.2) is 0 Å². The number of hydrogen-bond donors (Lipinski definition) is 1. The molecule has 2 aromatic rings. The van der Waals surface area contributed by atoms with Crippen LogP contribution in [0.3, 0.4) is 0 Å². The molecule has 1 heterocycles. The summed E-state index contributed by atoms with van der Waals surface area (Å²) in [6, 6.07) is 7.55. The maximum atomic E-state index is 5.87. The molecule has 1 aromatic carbocycles. The first-order valence-electron chi connectivity index (χ1n) is 5.11. The van der Waals surface area contributed by atoms with E-state index in [-0.39, 0.29) is 0 Å². The highest BCUT2D eigenvalue weighted by Crippen LogP contribution is 2.24. The van der Waals surface area contributed by atoms with Gasteiger partial charge in [-0.25, -0.2) is 4.98 Å². The van der Waals surface area contributed by atoms with E-state index in [1.165, 1.54) is 0 Å². The minimum absolute atomic E-state index is 0.517. The van der Waals surface area contributed by atoms with Gasteiger partial charge in [-0.15, -0.1) is 0 Å². The minimum atomic E-state index is 0.517. The van der Waals surface area contributed by atoms with E-state index in [1.807, 2.05) is 31.2 Å². The summed E-state index contributed by atoms with van der Waals surface area (Å²) in [4.78, 5) is 8.41. The van der Waals surface area contributed by atoms with Crippen LogP contribution in [-0.2, 0) is 0 Å². The van der Waals surface area contributed by atoms with Crippen LogP contribution in [0.15, 0.2) is 36.7 Å². The lowest BCUT2D eigenvalue weighted by Crippen LogP contribution is -1.97. The summed E-state index contributed by atoms with van der Waals surface area (Å²) in [5, 5.41) is 0. The van der Waals surface area contributed by atoms with Crippen molar-refractivity contribution < 1.29 is 4.74 Å². The Balaban J connectivity index is 2.40. The third-order valence-corrected chi connectivity index (χ3v) is 2.14. The highest BCUT2D eigenvalue weighted by molar-refractivity contribution is 5.73. The van der Waals surface area contributed by atoms with Gasteiger partial charge in [0, 0.05) is 11.3 Å². The van der Waals surface area contributed by atoms with Crippen molar-refractivity contribution in [1.29, 1.82) is 0 Å². The Morgan fingerprint density at radius 3 is 2.81 bits per heavy atom. The lowest BCUT2D eigenvalue weighted by molar-refractivity contribution is 0.325. The van der Waals surface area contributed by atoms with Crippen LogP contribution in [0.25, 0.3) is 11.3 Å². The molecule has 4 heteroatoms. The van der Waals surface area contributed by atoms with Gasteiger partial charge in [0.2, 0.25) is 5.88 Å². The highest BCUT2D eigenvalue weighted by Gasteiger charge is 2.05. The van der Waals surface area contributed by atoms with E-state index in [0.29, 0.717) is 18.2 Å². The zero-order valence-electron chi connectivity index (χ0n) is 9.05. The molecule has 0 aliphatic heterocycles. The average molecular weight is 215 g/mol. The van der Waals surface area contributed by atoms with E-state index in [1.54, 1.807) is 12.4 Å². The van der Waals surface area contributed by atoms with Crippen molar-refractivity contribution in [3.05, 3.63) is 36.7 Å². The van der Waals surface area contributed by atoms with Crippen molar-refractivity contribution in [2.24, 2.45) is 0 Å². The van der Waals surface area contributed by atoms with E-state index in [4.69, 9.17) is 10.5 Å². The molecule has 0 amide bonds. The first-order valence-corrected chi connectivity index (χ1v) is 5.11. The van der Waals surface area contributed by atoms with E-state index in [2.05, 4.69) is 9.97 Å². The molecule has 0 fully saturated rings. The lowest BCUT2D eigenvalue weighted by Gasteiger charge is -2.06. The molecule has 2 N–H and O–H groups in total. The van der Waals surface area contributed by atoms with Crippen LogP contribution in [0.1, 0.15) is 6.92 Å². The van der Waals surface area contributed by atoms with Crippen LogP contribution in [0.2, 0.25) is 0 Å². The Kier molecular flexibility index (Phi) is 3.00. The third-order valence-electron chi connectivity index (χ3n) is 2.14. The number of rotatable bonds is 3. The second-order valence-electron chi connectivity index (χ2n) is 3.26. The summed E-state index contributed by atoms with van der Waals surface area (Å²) < 4.78 is 5.29. The number of ether oxygens (including phenoxy) is 1. The third kappa shape index (κ3) is 2.11. The van der Waals surface area contributed by atoms with Gasteiger partial charge >= 0.3 is 0 Å². The molecule has 1 aromatic heterocycles. The van der Waals surface area contributed by atoms with Crippen LogP contribution >= 0.6 is 0 Å². The number of aromatic nitrogens is 2.